The summed E-state index contributed by atoms with van der Waals surface area (Å²) in [6.07, 6.45) is 8.11. The van der Waals surface area contributed by atoms with Gasteiger partial charge in [-0.15, -0.1) is 0 Å². The molecule has 0 bridgehead atoms. The molecule has 1 N–H and O–H groups in total. The second-order valence-electron chi connectivity index (χ2n) is 5.79. The van der Waals surface area contributed by atoms with Crippen LogP contribution in [0.1, 0.15) is 23.2 Å². The maximum atomic E-state index is 12.7. The van der Waals surface area contributed by atoms with Crippen LogP contribution in [0.4, 0.5) is 0 Å². The van der Waals surface area contributed by atoms with E-state index >= 15 is 0 Å². The average molecular weight is 323 g/mol. The Labute approximate surface area is 138 Å². The Balaban J connectivity index is 1.39. The van der Waals surface area contributed by atoms with Gasteiger partial charge in [-0.05, 0) is 18.2 Å². The highest BCUT2D eigenvalue weighted by atomic mass is 16.5. The molecule has 4 rings (SSSR count). The Morgan fingerprint density at radius 3 is 2.88 bits per heavy atom. The van der Waals surface area contributed by atoms with Gasteiger partial charge in [0.1, 0.15) is 6.10 Å². The van der Waals surface area contributed by atoms with Crippen LogP contribution in [-0.2, 0) is 0 Å². The average Bonchev–Trinajstić information content (AvgIpc) is 3.10. The Hall–Kier alpha value is -2.96. The van der Waals surface area contributed by atoms with Gasteiger partial charge in [0.05, 0.1) is 23.6 Å². The third-order valence-corrected chi connectivity index (χ3v) is 4.22. The monoisotopic (exact) mass is 323 g/mol. The van der Waals surface area contributed by atoms with Gasteiger partial charge < -0.3 is 14.6 Å². The summed E-state index contributed by atoms with van der Waals surface area (Å²) >= 11 is 0. The predicted octanol–water partition coefficient (Wildman–Crippen LogP) is 2.04. The highest BCUT2D eigenvalue weighted by Gasteiger charge is 2.25. The number of H-pyrrole nitrogens is 1. The molecule has 2 aromatic heterocycles. The zero-order valence-electron chi connectivity index (χ0n) is 13.1. The van der Waals surface area contributed by atoms with Crippen molar-refractivity contribution in [1.82, 2.24) is 24.8 Å². The summed E-state index contributed by atoms with van der Waals surface area (Å²) in [6, 6.07) is 5.55. The molecule has 1 aliphatic heterocycles. The van der Waals surface area contributed by atoms with Gasteiger partial charge in [-0.1, -0.05) is 0 Å². The summed E-state index contributed by atoms with van der Waals surface area (Å²) in [5.74, 6) is 0.580. The molecule has 1 amide bonds. The maximum Gasteiger partial charge on any atom is 0.253 e. The zero-order valence-corrected chi connectivity index (χ0v) is 13.1. The van der Waals surface area contributed by atoms with E-state index < -0.39 is 0 Å². The number of amides is 1. The lowest BCUT2D eigenvalue weighted by Crippen LogP contribution is -2.41. The minimum absolute atomic E-state index is 0.0458. The molecule has 1 aromatic carbocycles. The second kappa shape index (κ2) is 6.27. The number of nitrogens with zero attached hydrogens (tertiary/aromatic N) is 4. The molecule has 0 radical (unpaired) electrons. The number of aromatic amines is 1. The summed E-state index contributed by atoms with van der Waals surface area (Å²) < 4.78 is 5.81. The largest absolute Gasteiger partial charge is 0.473 e. The topological polar surface area (TPSA) is 84.0 Å². The van der Waals surface area contributed by atoms with Gasteiger partial charge in [0.25, 0.3) is 5.91 Å². The smallest absolute Gasteiger partial charge is 0.253 e. The minimum Gasteiger partial charge on any atom is -0.473 e. The van der Waals surface area contributed by atoms with Crippen molar-refractivity contribution in [3.8, 4) is 5.88 Å². The van der Waals surface area contributed by atoms with E-state index in [2.05, 4.69) is 19.9 Å². The van der Waals surface area contributed by atoms with Crippen LogP contribution in [-0.4, -0.2) is 49.9 Å². The SMILES string of the molecule is O=C(c1ccc2nc[nH]c2c1)N1CCC(Oc2cnccn2)CC1. The summed E-state index contributed by atoms with van der Waals surface area (Å²) in [7, 11) is 0. The fraction of sp³-hybridized carbons (Fsp3) is 0.294. The molecule has 1 fully saturated rings. The van der Waals surface area contributed by atoms with Crippen LogP contribution in [0.2, 0.25) is 0 Å². The van der Waals surface area contributed by atoms with Gasteiger partial charge in [-0.25, -0.2) is 9.97 Å². The Kier molecular flexibility index (Phi) is 3.82. The highest BCUT2D eigenvalue weighted by Crippen LogP contribution is 2.19. The normalized spacial score (nSPS) is 15.6. The first kappa shape index (κ1) is 14.6. The molecule has 1 saturated heterocycles. The Morgan fingerprint density at radius 1 is 1.21 bits per heavy atom. The number of piperidine rings is 1. The van der Waals surface area contributed by atoms with Crippen LogP contribution < -0.4 is 4.74 Å². The van der Waals surface area contributed by atoms with Gasteiger partial charge in [0.2, 0.25) is 5.88 Å². The number of aromatic nitrogens is 4. The van der Waals surface area contributed by atoms with Crippen LogP contribution in [0.3, 0.4) is 0 Å². The number of benzene rings is 1. The van der Waals surface area contributed by atoms with E-state index in [0.717, 1.165) is 23.9 Å². The second-order valence-corrected chi connectivity index (χ2v) is 5.79. The van der Waals surface area contributed by atoms with Crippen molar-refractivity contribution in [3.05, 3.63) is 48.7 Å². The predicted molar refractivity (Wildman–Crippen MR) is 87.7 cm³/mol. The lowest BCUT2D eigenvalue weighted by Gasteiger charge is -2.31. The number of ether oxygens (including phenoxy) is 1. The molecular weight excluding hydrogens is 306 g/mol. The van der Waals surface area contributed by atoms with Crippen molar-refractivity contribution >= 4 is 16.9 Å². The van der Waals surface area contributed by atoms with Gasteiger partial charge in [-0.3, -0.25) is 9.78 Å². The molecule has 0 saturated carbocycles. The van der Waals surface area contributed by atoms with E-state index in [9.17, 15) is 4.79 Å². The van der Waals surface area contributed by atoms with E-state index in [0.29, 0.717) is 24.5 Å². The molecule has 1 aliphatic rings. The summed E-state index contributed by atoms with van der Waals surface area (Å²) in [5, 5.41) is 0. The Morgan fingerprint density at radius 2 is 2.08 bits per heavy atom. The first-order chi connectivity index (χ1) is 11.8. The molecule has 0 atom stereocenters. The zero-order chi connectivity index (χ0) is 16.4. The molecular formula is C17H17N5O2. The maximum absolute atomic E-state index is 12.7. The standard InChI is InChI=1S/C17H17N5O2/c23-17(12-1-2-14-15(9-12)21-11-20-14)22-7-3-13(4-8-22)24-16-10-18-5-6-19-16/h1-2,5-6,9-11,13H,3-4,7-8H2,(H,20,21). The summed E-state index contributed by atoms with van der Waals surface area (Å²) in [6.45, 7) is 1.34. The summed E-state index contributed by atoms with van der Waals surface area (Å²) in [5.41, 5.74) is 2.42. The minimum atomic E-state index is 0.0458. The number of hydrogen-bond acceptors (Lipinski definition) is 5. The Bertz CT molecular complexity index is 840. The van der Waals surface area contributed by atoms with E-state index in [4.69, 9.17) is 4.74 Å². The first-order valence-electron chi connectivity index (χ1n) is 7.95. The highest BCUT2D eigenvalue weighted by molar-refractivity contribution is 5.97. The molecule has 122 valence electrons. The molecule has 24 heavy (non-hydrogen) atoms. The molecule has 3 aromatic rings. The van der Waals surface area contributed by atoms with Gasteiger partial charge in [-0.2, -0.15) is 0 Å². The quantitative estimate of drug-likeness (QED) is 0.797. The van der Waals surface area contributed by atoms with E-state index in [1.807, 2.05) is 23.1 Å². The van der Waals surface area contributed by atoms with Crippen molar-refractivity contribution in [2.75, 3.05) is 13.1 Å². The van der Waals surface area contributed by atoms with Crippen LogP contribution in [0.5, 0.6) is 5.88 Å². The van der Waals surface area contributed by atoms with Gasteiger partial charge in [0.15, 0.2) is 0 Å². The van der Waals surface area contributed by atoms with Crippen molar-refractivity contribution in [2.24, 2.45) is 0 Å². The number of likely N-dealkylation sites (tertiary alicyclic amines) is 1. The number of fused-ring (bicyclic) bond motifs is 1. The number of nitrogens with one attached hydrogen (secondary N) is 1. The van der Waals surface area contributed by atoms with E-state index in [1.165, 1.54) is 0 Å². The fourth-order valence-corrected chi connectivity index (χ4v) is 2.94. The summed E-state index contributed by atoms with van der Waals surface area (Å²) in [4.78, 5) is 29.9. The van der Waals surface area contributed by atoms with Crippen LogP contribution in [0.25, 0.3) is 11.0 Å². The molecule has 7 nitrogen and oxygen atoms in total. The van der Waals surface area contributed by atoms with Crippen LogP contribution in [0, 0.1) is 0 Å². The number of imidazole rings is 1. The molecule has 0 aliphatic carbocycles. The van der Waals surface area contributed by atoms with Gasteiger partial charge >= 0.3 is 0 Å². The third-order valence-electron chi connectivity index (χ3n) is 4.22. The number of carbonyl (C=O) groups excluding carboxylic acids is 1. The van der Waals surface area contributed by atoms with Crippen molar-refractivity contribution in [1.29, 1.82) is 0 Å². The molecule has 3 heterocycles. The lowest BCUT2D eigenvalue weighted by molar-refractivity contribution is 0.0587. The lowest BCUT2D eigenvalue weighted by atomic mass is 10.1. The number of hydrogen-bond donors (Lipinski definition) is 1. The first-order valence-corrected chi connectivity index (χ1v) is 7.95. The van der Waals surface area contributed by atoms with Crippen molar-refractivity contribution < 1.29 is 9.53 Å². The van der Waals surface area contributed by atoms with Gasteiger partial charge in [0, 0.05) is 43.9 Å². The van der Waals surface area contributed by atoms with E-state index in [1.54, 1.807) is 24.9 Å². The molecule has 0 spiro atoms. The van der Waals surface area contributed by atoms with Crippen molar-refractivity contribution in [3.63, 3.8) is 0 Å². The van der Waals surface area contributed by atoms with Crippen LogP contribution >= 0.6 is 0 Å². The van der Waals surface area contributed by atoms with Crippen LogP contribution in [0.15, 0.2) is 43.1 Å². The van der Waals surface area contributed by atoms with E-state index in [-0.39, 0.29) is 12.0 Å². The number of carbonyl (C=O) groups is 1. The van der Waals surface area contributed by atoms with Crippen molar-refractivity contribution in [2.45, 2.75) is 18.9 Å². The molecule has 0 unspecified atom stereocenters. The third kappa shape index (κ3) is 2.92. The fourth-order valence-electron chi connectivity index (χ4n) is 2.94. The molecule has 7 heteroatoms. The number of rotatable bonds is 3.